The average Bonchev–Trinajstić information content (AvgIpc) is 3.04. The van der Waals surface area contributed by atoms with Crippen molar-refractivity contribution in [1.29, 1.82) is 0 Å². The first-order valence-corrected chi connectivity index (χ1v) is 9.79. The predicted molar refractivity (Wildman–Crippen MR) is 103 cm³/mol. The lowest BCUT2D eigenvalue weighted by atomic mass is 10.2. The zero-order chi connectivity index (χ0) is 17.9. The van der Waals surface area contributed by atoms with Crippen molar-refractivity contribution in [2.24, 2.45) is 10.1 Å². The summed E-state index contributed by atoms with van der Waals surface area (Å²) in [6.07, 6.45) is 0. The number of hydrogen-bond acceptors (Lipinski definition) is 3. The highest BCUT2D eigenvalue weighted by Gasteiger charge is 2.13. The van der Waals surface area contributed by atoms with Crippen LogP contribution in [0.15, 0.2) is 76.0 Å². The average molecular weight is 371 g/mol. The molecule has 0 spiro atoms. The molecule has 0 fully saturated rings. The molecule has 0 radical (unpaired) electrons. The highest BCUT2D eigenvalue weighted by molar-refractivity contribution is 7.90. The van der Waals surface area contributed by atoms with Crippen LogP contribution in [0.5, 0.6) is 0 Å². The molecule has 2 aromatic carbocycles. The zero-order valence-corrected chi connectivity index (χ0v) is 15.1. The number of rotatable bonds is 4. The van der Waals surface area contributed by atoms with Gasteiger partial charge in [0.15, 0.2) is 0 Å². The van der Waals surface area contributed by atoms with Crippen molar-refractivity contribution in [2.45, 2.75) is 11.8 Å². The fourth-order valence-corrected chi connectivity index (χ4v) is 4.01. The van der Waals surface area contributed by atoms with E-state index < -0.39 is 10.0 Å². The number of hydrogen-bond donors (Lipinski definition) is 2. The van der Waals surface area contributed by atoms with Gasteiger partial charge in [0.05, 0.1) is 9.90 Å². The van der Waals surface area contributed by atoms with Gasteiger partial charge in [0.2, 0.25) is 5.96 Å². The van der Waals surface area contributed by atoms with Crippen LogP contribution in [-0.4, -0.2) is 14.4 Å². The van der Waals surface area contributed by atoms with Crippen LogP contribution in [0, 0.1) is 6.92 Å². The van der Waals surface area contributed by atoms with Crippen molar-refractivity contribution < 1.29 is 8.42 Å². The number of nitrogens with one attached hydrogen (secondary N) is 1. The Bertz CT molecular complexity index is 992. The molecule has 0 atom stereocenters. The van der Waals surface area contributed by atoms with Gasteiger partial charge in [-0.25, -0.2) is 0 Å². The normalized spacial score (nSPS) is 12.1. The number of sulfonamides is 1. The van der Waals surface area contributed by atoms with Crippen molar-refractivity contribution in [3.63, 3.8) is 0 Å². The van der Waals surface area contributed by atoms with Crippen molar-refractivity contribution in [1.82, 2.24) is 0 Å². The molecule has 0 aliphatic heterocycles. The predicted octanol–water partition coefficient (Wildman–Crippen LogP) is 3.84. The van der Waals surface area contributed by atoms with Crippen LogP contribution < -0.4 is 11.1 Å². The summed E-state index contributed by atoms with van der Waals surface area (Å²) >= 11 is 1.47. The summed E-state index contributed by atoms with van der Waals surface area (Å²) in [5.41, 5.74) is 7.83. The van der Waals surface area contributed by atoms with Crippen LogP contribution in [0.1, 0.15) is 5.56 Å². The van der Waals surface area contributed by atoms with E-state index in [0.717, 1.165) is 21.0 Å². The molecule has 0 saturated carbocycles. The van der Waals surface area contributed by atoms with Crippen molar-refractivity contribution in [3.05, 3.63) is 72.3 Å². The van der Waals surface area contributed by atoms with E-state index in [0.29, 0.717) is 0 Å². The second kappa shape index (κ2) is 7.08. The van der Waals surface area contributed by atoms with E-state index in [2.05, 4.69) is 9.71 Å². The quantitative estimate of drug-likeness (QED) is 0.539. The molecule has 1 heterocycles. The van der Waals surface area contributed by atoms with Gasteiger partial charge in [-0.05, 0) is 36.8 Å². The van der Waals surface area contributed by atoms with Gasteiger partial charge < -0.3 is 11.1 Å². The zero-order valence-electron chi connectivity index (χ0n) is 13.5. The number of nitrogens with zero attached hydrogens (tertiary/aromatic N) is 1. The molecule has 0 unspecified atom stereocenters. The van der Waals surface area contributed by atoms with Gasteiger partial charge in [0.25, 0.3) is 10.0 Å². The monoisotopic (exact) mass is 371 g/mol. The second-order valence-electron chi connectivity index (χ2n) is 5.42. The molecule has 0 amide bonds. The molecular weight excluding hydrogens is 354 g/mol. The summed E-state index contributed by atoms with van der Waals surface area (Å²) in [6, 6.07) is 20.2. The molecule has 7 heteroatoms. The SMILES string of the molecule is Cc1ccc(S(=O)(=O)/N=C(\N)Nc2ccc(-c3ccccc3)s2)cc1. The Kier molecular flexibility index (Phi) is 4.87. The Morgan fingerprint density at radius 3 is 2.36 bits per heavy atom. The number of aryl methyl sites for hydroxylation is 1. The molecule has 0 aliphatic rings. The Hall–Kier alpha value is -2.64. The third-order valence-corrected chi connectivity index (χ3v) is 5.81. The summed E-state index contributed by atoms with van der Waals surface area (Å²) in [4.78, 5) is 1.16. The van der Waals surface area contributed by atoms with E-state index in [4.69, 9.17) is 5.73 Å². The van der Waals surface area contributed by atoms with E-state index in [1.165, 1.54) is 23.5 Å². The Labute approximate surface area is 150 Å². The van der Waals surface area contributed by atoms with E-state index >= 15 is 0 Å². The lowest BCUT2D eigenvalue weighted by molar-refractivity contribution is 0.598. The third-order valence-electron chi connectivity index (χ3n) is 3.45. The molecular formula is C18H17N3O2S2. The molecule has 0 bridgehead atoms. The molecule has 0 saturated heterocycles. The van der Waals surface area contributed by atoms with E-state index in [9.17, 15) is 8.42 Å². The Balaban J connectivity index is 1.78. The summed E-state index contributed by atoms with van der Waals surface area (Å²) < 4.78 is 28.2. The topological polar surface area (TPSA) is 84.5 Å². The number of thiophene rings is 1. The number of anilines is 1. The van der Waals surface area contributed by atoms with Gasteiger partial charge in [-0.2, -0.15) is 8.42 Å². The Morgan fingerprint density at radius 2 is 1.68 bits per heavy atom. The van der Waals surface area contributed by atoms with Gasteiger partial charge in [0.1, 0.15) is 0 Å². The van der Waals surface area contributed by atoms with Gasteiger partial charge in [-0.1, -0.05) is 48.0 Å². The van der Waals surface area contributed by atoms with Crippen molar-refractivity contribution >= 4 is 32.3 Å². The first kappa shape index (κ1) is 17.2. The smallest absolute Gasteiger partial charge is 0.285 e. The maximum absolute atomic E-state index is 12.3. The van der Waals surface area contributed by atoms with Crippen molar-refractivity contribution in [3.8, 4) is 10.4 Å². The number of guanidine groups is 1. The van der Waals surface area contributed by atoms with E-state index in [1.807, 2.05) is 49.4 Å². The minimum atomic E-state index is -3.84. The maximum Gasteiger partial charge on any atom is 0.285 e. The first-order valence-electron chi connectivity index (χ1n) is 7.53. The van der Waals surface area contributed by atoms with Crippen LogP contribution in [0.4, 0.5) is 5.00 Å². The minimum Gasteiger partial charge on any atom is -0.369 e. The van der Waals surface area contributed by atoms with Crippen LogP contribution in [-0.2, 0) is 10.0 Å². The highest BCUT2D eigenvalue weighted by atomic mass is 32.2. The molecule has 3 aromatic rings. The summed E-state index contributed by atoms with van der Waals surface area (Å²) in [5.74, 6) is -0.165. The molecule has 128 valence electrons. The fourth-order valence-electron chi connectivity index (χ4n) is 2.20. The standard InChI is InChI=1S/C18H17N3O2S2/c1-13-7-9-15(10-8-13)25(22,23)21-18(19)20-17-12-11-16(24-17)14-5-3-2-4-6-14/h2-12H,1H3,(H3,19,20,21). The van der Waals surface area contributed by atoms with E-state index in [-0.39, 0.29) is 10.9 Å². The van der Waals surface area contributed by atoms with Gasteiger partial charge in [0, 0.05) is 4.88 Å². The number of benzene rings is 2. The minimum absolute atomic E-state index is 0.110. The molecule has 5 nitrogen and oxygen atoms in total. The van der Waals surface area contributed by atoms with Crippen molar-refractivity contribution in [2.75, 3.05) is 5.32 Å². The van der Waals surface area contributed by atoms with E-state index in [1.54, 1.807) is 12.1 Å². The van der Waals surface area contributed by atoms with Crippen LogP contribution in [0.2, 0.25) is 0 Å². The first-order chi connectivity index (χ1) is 11.9. The lowest BCUT2D eigenvalue weighted by Gasteiger charge is -2.04. The third kappa shape index (κ3) is 4.26. The Morgan fingerprint density at radius 1 is 1.00 bits per heavy atom. The fraction of sp³-hybridized carbons (Fsp3) is 0.0556. The molecule has 25 heavy (non-hydrogen) atoms. The largest absolute Gasteiger partial charge is 0.369 e. The van der Waals surface area contributed by atoms with Crippen LogP contribution in [0.3, 0.4) is 0 Å². The highest BCUT2D eigenvalue weighted by Crippen LogP contribution is 2.31. The molecule has 1 aromatic heterocycles. The summed E-state index contributed by atoms with van der Waals surface area (Å²) in [5, 5.41) is 3.56. The molecule has 3 rings (SSSR count). The van der Waals surface area contributed by atoms with Gasteiger partial charge in [-0.3, -0.25) is 0 Å². The number of nitrogens with two attached hydrogens (primary N) is 1. The maximum atomic E-state index is 12.3. The summed E-state index contributed by atoms with van der Waals surface area (Å²) in [7, 11) is -3.84. The second-order valence-corrected chi connectivity index (χ2v) is 8.11. The lowest BCUT2D eigenvalue weighted by Crippen LogP contribution is -2.23. The van der Waals surface area contributed by atoms with Gasteiger partial charge in [-0.15, -0.1) is 15.7 Å². The summed E-state index contributed by atoms with van der Waals surface area (Å²) in [6.45, 7) is 1.89. The molecule has 0 aliphatic carbocycles. The van der Waals surface area contributed by atoms with Gasteiger partial charge >= 0.3 is 0 Å². The van der Waals surface area contributed by atoms with Crippen LogP contribution >= 0.6 is 11.3 Å². The molecule has 3 N–H and O–H groups in total. The van der Waals surface area contributed by atoms with Crippen LogP contribution in [0.25, 0.3) is 10.4 Å².